The third-order valence-electron chi connectivity index (χ3n) is 4.85. The number of nitrogens with zero attached hydrogens (tertiary/aromatic N) is 2. The van der Waals surface area contributed by atoms with Crippen molar-refractivity contribution in [3.8, 4) is 5.75 Å². The number of carbonyl (C=O) groups excluding carboxylic acids is 2. The monoisotopic (exact) mass is 535 g/mol. The Kier molecular flexibility index (Phi) is 9.25. The summed E-state index contributed by atoms with van der Waals surface area (Å²) < 4.78 is 31.1. The number of nitrogens with one attached hydrogen (secondary N) is 1. The van der Waals surface area contributed by atoms with Gasteiger partial charge in [-0.3, -0.25) is 13.9 Å². The molecular formula is C21H24Cl3N3O5S. The van der Waals surface area contributed by atoms with Crippen LogP contribution in [0.1, 0.15) is 12.5 Å². The van der Waals surface area contributed by atoms with Gasteiger partial charge in [-0.15, -0.1) is 0 Å². The minimum atomic E-state index is -3.87. The molecule has 0 aliphatic carbocycles. The lowest BCUT2D eigenvalue weighted by Crippen LogP contribution is -2.50. The van der Waals surface area contributed by atoms with Gasteiger partial charge in [-0.2, -0.15) is 0 Å². The Morgan fingerprint density at radius 1 is 1.06 bits per heavy atom. The van der Waals surface area contributed by atoms with Gasteiger partial charge < -0.3 is 15.0 Å². The molecule has 0 aromatic heterocycles. The Morgan fingerprint density at radius 2 is 1.73 bits per heavy atom. The van der Waals surface area contributed by atoms with Crippen molar-refractivity contribution in [2.24, 2.45) is 0 Å². The van der Waals surface area contributed by atoms with Gasteiger partial charge in [0.25, 0.3) is 0 Å². The number of anilines is 1. The number of halogens is 3. The van der Waals surface area contributed by atoms with E-state index < -0.39 is 34.4 Å². The zero-order valence-electron chi connectivity index (χ0n) is 18.4. The second kappa shape index (κ2) is 11.3. The Bertz CT molecular complexity index is 1140. The van der Waals surface area contributed by atoms with Crippen LogP contribution in [0.3, 0.4) is 0 Å². The first kappa shape index (κ1) is 27.0. The van der Waals surface area contributed by atoms with Crippen LogP contribution in [0.4, 0.5) is 5.69 Å². The van der Waals surface area contributed by atoms with E-state index in [2.05, 4.69) is 5.32 Å². The number of hydrogen-bond donors (Lipinski definition) is 1. The lowest BCUT2D eigenvalue weighted by Gasteiger charge is -2.31. The van der Waals surface area contributed by atoms with Crippen molar-refractivity contribution >= 4 is 62.3 Å². The van der Waals surface area contributed by atoms with Gasteiger partial charge in [0.1, 0.15) is 18.3 Å². The van der Waals surface area contributed by atoms with Crippen LogP contribution in [0.25, 0.3) is 0 Å². The highest BCUT2D eigenvalue weighted by atomic mass is 35.5. The minimum absolute atomic E-state index is 0.00524. The molecule has 0 saturated heterocycles. The van der Waals surface area contributed by atoms with E-state index in [0.29, 0.717) is 21.4 Å². The van der Waals surface area contributed by atoms with Gasteiger partial charge in [-0.05, 0) is 42.8 Å². The van der Waals surface area contributed by atoms with Gasteiger partial charge in [-0.25, -0.2) is 8.42 Å². The fourth-order valence-electron chi connectivity index (χ4n) is 3.05. The van der Waals surface area contributed by atoms with Crippen LogP contribution < -0.4 is 14.4 Å². The number of ether oxygens (including phenoxy) is 1. The lowest BCUT2D eigenvalue weighted by atomic mass is 10.1. The zero-order valence-corrected chi connectivity index (χ0v) is 21.5. The van der Waals surface area contributed by atoms with Crippen molar-refractivity contribution in [1.82, 2.24) is 10.2 Å². The van der Waals surface area contributed by atoms with Crippen LogP contribution >= 0.6 is 34.8 Å². The molecule has 0 saturated carbocycles. The third-order valence-corrected chi connectivity index (χ3v) is 7.03. The van der Waals surface area contributed by atoms with Gasteiger partial charge >= 0.3 is 0 Å². The van der Waals surface area contributed by atoms with E-state index in [1.165, 1.54) is 37.3 Å². The van der Waals surface area contributed by atoms with Crippen molar-refractivity contribution < 1.29 is 22.7 Å². The molecule has 0 fully saturated rings. The predicted molar refractivity (Wildman–Crippen MR) is 131 cm³/mol. The van der Waals surface area contributed by atoms with Crippen molar-refractivity contribution in [2.45, 2.75) is 19.5 Å². The quantitative estimate of drug-likeness (QED) is 0.528. The highest BCUT2D eigenvalue weighted by Gasteiger charge is 2.30. The summed E-state index contributed by atoms with van der Waals surface area (Å²) in [5.41, 5.74) is 0.797. The molecule has 2 amide bonds. The molecule has 2 aromatic rings. The molecule has 1 atom stereocenters. The van der Waals surface area contributed by atoms with E-state index in [0.717, 1.165) is 10.6 Å². The van der Waals surface area contributed by atoms with E-state index in [9.17, 15) is 18.0 Å². The number of benzene rings is 2. The normalized spacial score (nSPS) is 12.1. The summed E-state index contributed by atoms with van der Waals surface area (Å²) in [6, 6.07) is 8.30. The summed E-state index contributed by atoms with van der Waals surface area (Å²) in [7, 11) is -0.995. The summed E-state index contributed by atoms with van der Waals surface area (Å²) in [6.45, 7) is 0.999. The van der Waals surface area contributed by atoms with E-state index in [1.807, 2.05) is 0 Å². The largest absolute Gasteiger partial charge is 0.495 e. The second-order valence-electron chi connectivity index (χ2n) is 7.15. The number of likely N-dealkylation sites (N-methyl/N-ethyl adjacent to an activating group) is 1. The summed E-state index contributed by atoms with van der Waals surface area (Å²) >= 11 is 18.2. The van der Waals surface area contributed by atoms with Gasteiger partial charge in [0, 0.05) is 13.6 Å². The average molecular weight is 537 g/mol. The topological polar surface area (TPSA) is 96.0 Å². The van der Waals surface area contributed by atoms with Crippen LogP contribution in [0.2, 0.25) is 15.1 Å². The van der Waals surface area contributed by atoms with Crippen molar-refractivity contribution in [3.05, 3.63) is 57.0 Å². The van der Waals surface area contributed by atoms with Crippen molar-refractivity contribution in [2.75, 3.05) is 31.3 Å². The van der Waals surface area contributed by atoms with Crippen LogP contribution in [0.5, 0.6) is 5.75 Å². The Hall–Kier alpha value is -2.20. The maximum atomic E-state index is 13.3. The fraction of sp³-hybridized carbons (Fsp3) is 0.333. The van der Waals surface area contributed by atoms with Crippen molar-refractivity contribution in [3.63, 3.8) is 0 Å². The van der Waals surface area contributed by atoms with Crippen LogP contribution in [0.15, 0.2) is 36.4 Å². The second-order valence-corrected chi connectivity index (χ2v) is 10.3. The summed E-state index contributed by atoms with van der Waals surface area (Å²) in [4.78, 5) is 26.9. The first-order valence-corrected chi connectivity index (χ1v) is 12.6. The van der Waals surface area contributed by atoms with Gasteiger partial charge in [0.2, 0.25) is 21.8 Å². The molecule has 0 spiro atoms. The molecule has 33 heavy (non-hydrogen) atoms. The van der Waals surface area contributed by atoms with Crippen LogP contribution in [-0.2, 0) is 26.2 Å². The van der Waals surface area contributed by atoms with Gasteiger partial charge in [0.15, 0.2) is 0 Å². The number of sulfonamides is 1. The van der Waals surface area contributed by atoms with Crippen LogP contribution in [-0.4, -0.2) is 58.1 Å². The standard InChI is InChI=1S/C21H24Cl3N3O5S/c1-13(21(29)25-2)26(11-14-5-7-16(22)17(23)9-14)20(28)12-27(33(4,30)31)15-6-8-19(32-3)18(24)10-15/h5-10,13H,11-12H2,1-4H3,(H,25,29)/t13-/m1/s1. The fourth-order valence-corrected chi connectivity index (χ4v) is 4.46. The lowest BCUT2D eigenvalue weighted by molar-refractivity contribution is -0.139. The number of carbonyl (C=O) groups is 2. The average Bonchev–Trinajstić information content (AvgIpc) is 2.76. The van der Waals surface area contributed by atoms with E-state index in [4.69, 9.17) is 39.5 Å². The molecule has 1 N–H and O–H groups in total. The Balaban J connectivity index is 2.42. The molecule has 2 aromatic carbocycles. The molecular weight excluding hydrogens is 513 g/mol. The smallest absolute Gasteiger partial charge is 0.244 e. The molecule has 180 valence electrons. The molecule has 0 unspecified atom stereocenters. The maximum absolute atomic E-state index is 13.3. The third kappa shape index (κ3) is 6.89. The number of rotatable bonds is 9. The molecule has 0 radical (unpaired) electrons. The molecule has 2 rings (SSSR count). The summed E-state index contributed by atoms with van der Waals surface area (Å²) in [5.74, 6) is -0.661. The summed E-state index contributed by atoms with van der Waals surface area (Å²) in [5, 5.41) is 3.32. The van der Waals surface area contributed by atoms with E-state index >= 15 is 0 Å². The Morgan fingerprint density at radius 3 is 2.24 bits per heavy atom. The molecule has 0 aliphatic heterocycles. The predicted octanol–water partition coefficient (Wildman–Crippen LogP) is 3.58. The highest BCUT2D eigenvalue weighted by Crippen LogP contribution is 2.30. The SMILES string of the molecule is CNC(=O)[C@@H](C)N(Cc1ccc(Cl)c(Cl)c1)C(=O)CN(c1ccc(OC)c(Cl)c1)S(C)(=O)=O. The first-order valence-electron chi connectivity index (χ1n) is 9.65. The number of amides is 2. The maximum Gasteiger partial charge on any atom is 0.244 e. The molecule has 0 bridgehead atoms. The zero-order chi connectivity index (χ0) is 24.9. The van der Waals surface area contributed by atoms with Gasteiger partial charge in [-0.1, -0.05) is 40.9 Å². The molecule has 0 heterocycles. The van der Waals surface area contributed by atoms with Crippen molar-refractivity contribution in [1.29, 1.82) is 0 Å². The highest BCUT2D eigenvalue weighted by molar-refractivity contribution is 7.92. The molecule has 12 heteroatoms. The van der Waals surface area contributed by atoms with Gasteiger partial charge in [0.05, 0.1) is 34.1 Å². The Labute approximate surface area is 208 Å². The summed E-state index contributed by atoms with van der Waals surface area (Å²) in [6.07, 6.45) is 0.976. The van der Waals surface area contributed by atoms with E-state index in [-0.39, 0.29) is 17.3 Å². The first-order chi connectivity index (χ1) is 15.4. The van der Waals surface area contributed by atoms with Crippen LogP contribution in [0, 0.1) is 0 Å². The molecule has 8 nitrogen and oxygen atoms in total. The number of hydrogen-bond acceptors (Lipinski definition) is 5. The van der Waals surface area contributed by atoms with E-state index in [1.54, 1.807) is 25.1 Å². The molecule has 0 aliphatic rings. The number of methoxy groups -OCH3 is 1. The minimum Gasteiger partial charge on any atom is -0.495 e.